The zero-order chi connectivity index (χ0) is 14.0. The first kappa shape index (κ1) is 14.6. The van der Waals surface area contributed by atoms with Gasteiger partial charge < -0.3 is 10.1 Å². The summed E-state index contributed by atoms with van der Waals surface area (Å²) in [7, 11) is 1.34. The molecule has 0 spiro atoms. The van der Waals surface area contributed by atoms with Crippen molar-refractivity contribution >= 4 is 37.2 Å². The molecule has 0 aromatic heterocycles. The lowest BCUT2D eigenvalue weighted by molar-refractivity contribution is 0.0930. The summed E-state index contributed by atoms with van der Waals surface area (Å²) in [6.45, 7) is 1.03. The van der Waals surface area contributed by atoms with Crippen molar-refractivity contribution in [2.45, 2.75) is 17.4 Å². The minimum Gasteiger partial charge on any atom is -0.379 e. The topological polar surface area (TPSA) is 72.5 Å². The molecular formula is C11H11Cl2NO4S. The van der Waals surface area contributed by atoms with E-state index in [2.05, 4.69) is 5.32 Å². The van der Waals surface area contributed by atoms with E-state index < -0.39 is 15.0 Å². The van der Waals surface area contributed by atoms with Gasteiger partial charge in [-0.3, -0.25) is 4.79 Å². The fourth-order valence-electron chi connectivity index (χ4n) is 1.74. The maximum absolute atomic E-state index is 12.0. The van der Waals surface area contributed by atoms with Crippen LogP contribution in [0.3, 0.4) is 0 Å². The van der Waals surface area contributed by atoms with E-state index in [-0.39, 0.29) is 21.5 Å². The van der Waals surface area contributed by atoms with E-state index in [0.717, 1.165) is 12.5 Å². The highest BCUT2D eigenvalue weighted by Crippen LogP contribution is 2.23. The molecule has 0 bridgehead atoms. The minimum atomic E-state index is -3.89. The molecule has 1 aromatic carbocycles. The number of halogens is 2. The van der Waals surface area contributed by atoms with Crippen LogP contribution < -0.4 is 5.32 Å². The summed E-state index contributed by atoms with van der Waals surface area (Å²) in [6.07, 6.45) is 0.719. The summed E-state index contributed by atoms with van der Waals surface area (Å²) < 4.78 is 27.6. The molecule has 1 aliphatic heterocycles. The Morgan fingerprint density at radius 1 is 1.42 bits per heavy atom. The van der Waals surface area contributed by atoms with E-state index in [1.54, 1.807) is 0 Å². The third-order valence-electron chi connectivity index (χ3n) is 2.73. The summed E-state index contributed by atoms with van der Waals surface area (Å²) >= 11 is 5.90. The van der Waals surface area contributed by atoms with Crippen molar-refractivity contribution in [2.75, 3.05) is 13.2 Å². The maximum Gasteiger partial charge on any atom is 0.261 e. The number of hydrogen-bond donors (Lipinski definition) is 1. The van der Waals surface area contributed by atoms with Gasteiger partial charge in [0.25, 0.3) is 15.0 Å². The normalized spacial score (nSPS) is 19.4. The van der Waals surface area contributed by atoms with Crippen LogP contribution in [-0.4, -0.2) is 33.6 Å². The van der Waals surface area contributed by atoms with Gasteiger partial charge in [0, 0.05) is 17.3 Å². The first-order valence-corrected chi connectivity index (χ1v) is 8.19. The number of benzene rings is 1. The molecule has 0 aliphatic carbocycles. The zero-order valence-electron chi connectivity index (χ0n) is 9.73. The highest BCUT2D eigenvalue weighted by atomic mass is 35.7. The molecule has 1 fully saturated rings. The summed E-state index contributed by atoms with van der Waals surface area (Å²) in [5, 5.41) is 2.90. The second kappa shape index (κ2) is 5.66. The van der Waals surface area contributed by atoms with Crippen molar-refractivity contribution in [3.63, 3.8) is 0 Å². The highest BCUT2D eigenvalue weighted by Gasteiger charge is 2.21. The van der Waals surface area contributed by atoms with Crippen LogP contribution in [0.5, 0.6) is 0 Å². The molecule has 1 aliphatic rings. The van der Waals surface area contributed by atoms with E-state index in [4.69, 9.17) is 27.0 Å². The van der Waals surface area contributed by atoms with Crippen LogP contribution in [0.15, 0.2) is 23.1 Å². The number of ether oxygens (including phenoxy) is 1. The minimum absolute atomic E-state index is 0.0790. The molecule has 104 valence electrons. The van der Waals surface area contributed by atoms with Crippen molar-refractivity contribution in [1.82, 2.24) is 5.32 Å². The molecule has 0 radical (unpaired) electrons. The van der Waals surface area contributed by atoms with E-state index in [9.17, 15) is 13.2 Å². The number of carbonyl (C=O) groups is 1. The molecule has 2 rings (SSSR count). The predicted molar refractivity (Wildman–Crippen MR) is 71.2 cm³/mol. The predicted octanol–water partition coefficient (Wildman–Crippen LogP) is 1.79. The van der Waals surface area contributed by atoms with Crippen LogP contribution >= 0.6 is 22.3 Å². The van der Waals surface area contributed by atoms with Crippen LogP contribution in [0.1, 0.15) is 16.8 Å². The third-order valence-corrected chi connectivity index (χ3v) is 4.41. The molecule has 0 saturated carbocycles. The smallest absolute Gasteiger partial charge is 0.261 e. The average molecular weight is 324 g/mol. The monoisotopic (exact) mass is 323 g/mol. The summed E-state index contributed by atoms with van der Waals surface area (Å²) in [5.41, 5.74) is 0.0790. The van der Waals surface area contributed by atoms with Gasteiger partial charge in [-0.2, -0.15) is 0 Å². The van der Waals surface area contributed by atoms with Crippen LogP contribution in [0.25, 0.3) is 0 Å². The number of rotatable bonds is 3. The molecule has 1 saturated heterocycles. The Balaban J connectivity index is 2.25. The van der Waals surface area contributed by atoms with Crippen LogP contribution in [-0.2, 0) is 13.8 Å². The van der Waals surface area contributed by atoms with Gasteiger partial charge in [0.2, 0.25) is 0 Å². The van der Waals surface area contributed by atoms with Gasteiger partial charge >= 0.3 is 0 Å². The number of amides is 1. The largest absolute Gasteiger partial charge is 0.379 e. The second-order valence-electron chi connectivity index (χ2n) is 4.11. The first-order valence-electron chi connectivity index (χ1n) is 5.51. The molecule has 8 heteroatoms. The standard InChI is InChI=1S/C11H11Cl2NO4S/c12-10-2-1-8(19(13,16)17)5-9(10)11(15)14-7-3-4-18-6-7/h1-2,5,7H,3-4,6H2,(H,14,15). The molecule has 1 aromatic rings. The fourth-order valence-corrected chi connectivity index (χ4v) is 2.72. The lowest BCUT2D eigenvalue weighted by Crippen LogP contribution is -2.35. The highest BCUT2D eigenvalue weighted by molar-refractivity contribution is 8.13. The van der Waals surface area contributed by atoms with Crippen molar-refractivity contribution in [3.05, 3.63) is 28.8 Å². The van der Waals surface area contributed by atoms with Crippen LogP contribution in [0.2, 0.25) is 5.02 Å². The van der Waals surface area contributed by atoms with Gasteiger partial charge in [-0.15, -0.1) is 0 Å². The van der Waals surface area contributed by atoms with Gasteiger partial charge in [-0.25, -0.2) is 8.42 Å². The molecule has 1 N–H and O–H groups in total. The molecular weight excluding hydrogens is 313 g/mol. The average Bonchev–Trinajstić information content (AvgIpc) is 2.80. The van der Waals surface area contributed by atoms with Crippen LogP contribution in [0.4, 0.5) is 0 Å². The summed E-state index contributed by atoms with van der Waals surface area (Å²) in [6, 6.07) is 3.66. The molecule has 5 nitrogen and oxygen atoms in total. The Morgan fingerprint density at radius 2 is 2.16 bits per heavy atom. The fraction of sp³-hybridized carbons (Fsp3) is 0.364. The lowest BCUT2D eigenvalue weighted by atomic mass is 10.2. The molecule has 1 amide bonds. The van der Waals surface area contributed by atoms with E-state index in [1.807, 2.05) is 0 Å². The van der Waals surface area contributed by atoms with E-state index >= 15 is 0 Å². The quantitative estimate of drug-likeness (QED) is 0.861. The van der Waals surface area contributed by atoms with E-state index in [0.29, 0.717) is 13.2 Å². The SMILES string of the molecule is O=C(NC1CCOC1)c1cc(S(=O)(=O)Cl)ccc1Cl. The molecule has 1 atom stereocenters. The molecule has 1 unspecified atom stereocenters. The van der Waals surface area contributed by atoms with Crippen LogP contribution in [0, 0.1) is 0 Å². The van der Waals surface area contributed by atoms with Gasteiger partial charge in [0.15, 0.2) is 0 Å². The van der Waals surface area contributed by atoms with Gasteiger partial charge in [0.1, 0.15) is 0 Å². The Bertz CT molecular complexity index is 597. The number of nitrogens with one attached hydrogen (secondary N) is 1. The maximum atomic E-state index is 12.0. The lowest BCUT2D eigenvalue weighted by Gasteiger charge is -2.12. The number of hydrogen-bond acceptors (Lipinski definition) is 4. The number of carbonyl (C=O) groups excluding carboxylic acids is 1. The Kier molecular flexibility index (Phi) is 4.35. The first-order chi connectivity index (χ1) is 8.88. The molecule has 1 heterocycles. The van der Waals surface area contributed by atoms with E-state index in [1.165, 1.54) is 12.1 Å². The summed E-state index contributed by atoms with van der Waals surface area (Å²) in [5.74, 6) is -0.442. The van der Waals surface area contributed by atoms with Gasteiger partial charge in [-0.1, -0.05) is 11.6 Å². The van der Waals surface area contributed by atoms with Crippen molar-refractivity contribution in [2.24, 2.45) is 0 Å². The molecule has 19 heavy (non-hydrogen) atoms. The van der Waals surface area contributed by atoms with Gasteiger partial charge in [0.05, 0.1) is 28.1 Å². The second-order valence-corrected chi connectivity index (χ2v) is 7.09. The Morgan fingerprint density at radius 3 is 2.74 bits per heavy atom. The van der Waals surface area contributed by atoms with Crippen molar-refractivity contribution < 1.29 is 17.9 Å². The van der Waals surface area contributed by atoms with Crippen molar-refractivity contribution in [1.29, 1.82) is 0 Å². The Labute approximate surface area is 120 Å². The zero-order valence-corrected chi connectivity index (χ0v) is 12.1. The summed E-state index contributed by atoms with van der Waals surface area (Å²) in [4.78, 5) is 11.9. The Hall–Kier alpha value is -0.820. The third kappa shape index (κ3) is 3.60. The van der Waals surface area contributed by atoms with Crippen molar-refractivity contribution in [3.8, 4) is 0 Å². The van der Waals surface area contributed by atoms with Gasteiger partial charge in [-0.05, 0) is 24.6 Å².